The highest BCUT2D eigenvalue weighted by atomic mass is 127. The molecule has 0 saturated heterocycles. The SMILES string of the molecule is OC=CC(I)CCCCCCI. The Morgan fingerprint density at radius 3 is 2.42 bits per heavy atom. The van der Waals surface area contributed by atoms with Gasteiger partial charge in [0, 0.05) is 3.92 Å². The van der Waals surface area contributed by atoms with Crippen molar-refractivity contribution < 1.29 is 5.11 Å². The standard InChI is InChI=1S/C9H16I2O/c10-7-4-2-1-3-5-9(11)6-8-12/h6,8-9,12H,1-5,7H2. The number of hydrogen-bond acceptors (Lipinski definition) is 1. The van der Waals surface area contributed by atoms with Crippen LogP contribution in [-0.4, -0.2) is 13.5 Å². The number of alkyl halides is 2. The predicted octanol–water partition coefficient (Wildman–Crippen LogP) is 4.25. The number of hydrogen-bond donors (Lipinski definition) is 1. The molecule has 3 heteroatoms. The van der Waals surface area contributed by atoms with Gasteiger partial charge in [0.2, 0.25) is 0 Å². The third-order valence-electron chi connectivity index (χ3n) is 1.66. The van der Waals surface area contributed by atoms with Gasteiger partial charge in [-0.2, -0.15) is 0 Å². The van der Waals surface area contributed by atoms with Gasteiger partial charge < -0.3 is 5.11 Å². The minimum atomic E-state index is 0.507. The topological polar surface area (TPSA) is 20.2 Å². The summed E-state index contributed by atoms with van der Waals surface area (Å²) in [6.07, 6.45) is 9.52. The first kappa shape index (κ1) is 13.0. The van der Waals surface area contributed by atoms with Crippen molar-refractivity contribution in [1.82, 2.24) is 0 Å². The second-order valence-corrected chi connectivity index (χ2v) is 5.43. The summed E-state index contributed by atoms with van der Waals surface area (Å²) in [4.78, 5) is 0. The van der Waals surface area contributed by atoms with E-state index in [1.807, 2.05) is 6.08 Å². The minimum Gasteiger partial charge on any atom is -0.516 e. The number of rotatable bonds is 7. The highest BCUT2D eigenvalue weighted by Gasteiger charge is 1.97. The van der Waals surface area contributed by atoms with E-state index in [0.717, 1.165) is 6.26 Å². The van der Waals surface area contributed by atoms with Crippen LogP contribution in [0.1, 0.15) is 32.1 Å². The lowest BCUT2D eigenvalue weighted by Gasteiger charge is -2.02. The van der Waals surface area contributed by atoms with Gasteiger partial charge >= 0.3 is 0 Å². The van der Waals surface area contributed by atoms with Crippen molar-refractivity contribution in [2.75, 3.05) is 4.43 Å². The van der Waals surface area contributed by atoms with E-state index >= 15 is 0 Å². The van der Waals surface area contributed by atoms with Gasteiger partial charge in [-0.05, 0) is 23.3 Å². The number of halogens is 2. The highest BCUT2D eigenvalue weighted by Crippen LogP contribution is 2.13. The van der Waals surface area contributed by atoms with E-state index in [1.165, 1.54) is 36.5 Å². The first-order chi connectivity index (χ1) is 5.81. The molecule has 0 bridgehead atoms. The zero-order valence-corrected chi connectivity index (χ0v) is 11.5. The molecule has 0 heterocycles. The van der Waals surface area contributed by atoms with Gasteiger partial charge in [0.15, 0.2) is 0 Å². The van der Waals surface area contributed by atoms with Crippen LogP contribution in [0.2, 0.25) is 0 Å². The number of allylic oxidation sites excluding steroid dienone is 1. The van der Waals surface area contributed by atoms with Crippen molar-refractivity contribution >= 4 is 45.2 Å². The van der Waals surface area contributed by atoms with Gasteiger partial charge in [-0.3, -0.25) is 0 Å². The zero-order chi connectivity index (χ0) is 9.23. The zero-order valence-electron chi connectivity index (χ0n) is 7.18. The highest BCUT2D eigenvalue weighted by molar-refractivity contribution is 14.1. The van der Waals surface area contributed by atoms with Crippen LogP contribution >= 0.6 is 45.2 Å². The minimum absolute atomic E-state index is 0.507. The fourth-order valence-electron chi connectivity index (χ4n) is 0.977. The summed E-state index contributed by atoms with van der Waals surface area (Å²) in [5, 5.41) is 8.49. The van der Waals surface area contributed by atoms with Crippen molar-refractivity contribution in [3.8, 4) is 0 Å². The van der Waals surface area contributed by atoms with Gasteiger partial charge in [0.05, 0.1) is 6.26 Å². The van der Waals surface area contributed by atoms with Crippen LogP contribution in [0.5, 0.6) is 0 Å². The molecule has 1 N–H and O–H groups in total. The predicted molar refractivity (Wildman–Crippen MR) is 71.5 cm³/mol. The summed E-state index contributed by atoms with van der Waals surface area (Å²) in [6, 6.07) is 0. The van der Waals surface area contributed by atoms with Crippen LogP contribution in [0, 0.1) is 0 Å². The Bertz CT molecular complexity index is 115. The Kier molecular flexibility index (Phi) is 10.9. The van der Waals surface area contributed by atoms with Gasteiger partial charge in [0.25, 0.3) is 0 Å². The van der Waals surface area contributed by atoms with Gasteiger partial charge in [0.1, 0.15) is 0 Å². The molecule has 0 aliphatic rings. The molecule has 0 aliphatic heterocycles. The van der Waals surface area contributed by atoms with E-state index < -0.39 is 0 Å². The van der Waals surface area contributed by atoms with Crippen molar-refractivity contribution in [1.29, 1.82) is 0 Å². The third-order valence-corrected chi connectivity index (χ3v) is 3.46. The fraction of sp³-hybridized carbons (Fsp3) is 0.778. The van der Waals surface area contributed by atoms with E-state index in [9.17, 15) is 0 Å². The second-order valence-electron chi connectivity index (χ2n) is 2.75. The first-order valence-corrected chi connectivity index (χ1v) is 7.09. The average Bonchev–Trinajstić information content (AvgIpc) is 2.05. The lowest BCUT2D eigenvalue weighted by molar-refractivity contribution is 0.470. The smallest absolute Gasteiger partial charge is 0.0762 e. The lowest BCUT2D eigenvalue weighted by Crippen LogP contribution is -1.92. The molecule has 1 unspecified atom stereocenters. The molecule has 0 aromatic heterocycles. The van der Waals surface area contributed by atoms with Crippen LogP contribution in [0.25, 0.3) is 0 Å². The summed E-state index contributed by atoms with van der Waals surface area (Å²) in [7, 11) is 0. The second kappa shape index (κ2) is 10.1. The Morgan fingerprint density at radius 1 is 1.17 bits per heavy atom. The van der Waals surface area contributed by atoms with Crippen LogP contribution in [0.15, 0.2) is 12.3 Å². The molecule has 0 spiro atoms. The molecule has 0 aromatic carbocycles. The van der Waals surface area contributed by atoms with Gasteiger partial charge in [-0.15, -0.1) is 0 Å². The van der Waals surface area contributed by atoms with Crippen LogP contribution < -0.4 is 0 Å². The molecule has 0 fully saturated rings. The summed E-state index contributed by atoms with van der Waals surface area (Å²) in [6.45, 7) is 0. The van der Waals surface area contributed by atoms with Crippen molar-refractivity contribution in [3.63, 3.8) is 0 Å². The van der Waals surface area contributed by atoms with Crippen molar-refractivity contribution in [2.45, 2.75) is 36.0 Å². The lowest BCUT2D eigenvalue weighted by atomic mass is 10.1. The van der Waals surface area contributed by atoms with E-state index in [0.29, 0.717) is 3.92 Å². The van der Waals surface area contributed by atoms with Crippen molar-refractivity contribution in [2.24, 2.45) is 0 Å². The monoisotopic (exact) mass is 394 g/mol. The molecular weight excluding hydrogens is 378 g/mol. The fourth-order valence-corrected chi connectivity index (χ4v) is 2.14. The summed E-state index contributed by atoms with van der Waals surface area (Å²) in [5.41, 5.74) is 0. The molecule has 0 rings (SSSR count). The molecule has 0 saturated carbocycles. The summed E-state index contributed by atoms with van der Waals surface area (Å²) < 4.78 is 1.79. The van der Waals surface area contributed by atoms with Crippen LogP contribution in [0.3, 0.4) is 0 Å². The molecule has 0 amide bonds. The normalized spacial score (nSPS) is 13.8. The quantitative estimate of drug-likeness (QED) is 0.297. The Hall–Kier alpha value is 1.00. The van der Waals surface area contributed by atoms with Crippen LogP contribution in [0.4, 0.5) is 0 Å². The van der Waals surface area contributed by atoms with E-state index in [2.05, 4.69) is 45.2 Å². The Labute approximate surface area is 102 Å². The number of aliphatic hydroxyl groups excluding tert-OH is 1. The Balaban J connectivity index is 3.08. The molecule has 12 heavy (non-hydrogen) atoms. The molecule has 1 atom stereocenters. The van der Waals surface area contributed by atoms with E-state index in [4.69, 9.17) is 5.11 Å². The molecule has 72 valence electrons. The van der Waals surface area contributed by atoms with E-state index in [1.54, 1.807) is 0 Å². The summed E-state index contributed by atoms with van der Waals surface area (Å²) >= 11 is 4.77. The van der Waals surface area contributed by atoms with Gasteiger partial charge in [-0.25, -0.2) is 0 Å². The maximum atomic E-state index is 8.49. The average molecular weight is 394 g/mol. The molecule has 1 nitrogen and oxygen atoms in total. The van der Waals surface area contributed by atoms with Gasteiger partial charge in [-0.1, -0.05) is 64.4 Å². The van der Waals surface area contributed by atoms with Crippen molar-refractivity contribution in [3.05, 3.63) is 12.3 Å². The van der Waals surface area contributed by atoms with Crippen LogP contribution in [-0.2, 0) is 0 Å². The molecular formula is C9H16I2O. The molecule has 0 aromatic rings. The Morgan fingerprint density at radius 2 is 1.83 bits per heavy atom. The largest absolute Gasteiger partial charge is 0.516 e. The van der Waals surface area contributed by atoms with E-state index in [-0.39, 0.29) is 0 Å². The maximum absolute atomic E-state index is 8.49. The number of unbranched alkanes of at least 4 members (excludes halogenated alkanes) is 3. The molecule has 0 aliphatic carbocycles. The number of aliphatic hydroxyl groups is 1. The molecule has 0 radical (unpaired) electrons. The first-order valence-electron chi connectivity index (χ1n) is 4.32. The summed E-state index contributed by atoms with van der Waals surface area (Å²) in [5.74, 6) is 0. The third kappa shape index (κ3) is 9.09. The maximum Gasteiger partial charge on any atom is 0.0762 e.